The second-order valence-corrected chi connectivity index (χ2v) is 5.91. The Balaban J connectivity index is 3.31. The second-order valence-electron chi connectivity index (χ2n) is 5.91. The molecule has 2 unspecified atom stereocenters. The molecule has 0 spiro atoms. The first kappa shape index (κ1) is 14.6. The SMILES string of the molecule is CC1=CC(=O)C(C)(C(C)(C)CC(=O)[O-])C(C)C1=O. The average Bonchev–Trinajstić information content (AvgIpc) is 2.21. The third-order valence-electron chi connectivity index (χ3n) is 4.50. The lowest BCUT2D eigenvalue weighted by Gasteiger charge is -2.48. The molecule has 0 bridgehead atoms. The molecular formula is C14H19O4-. The minimum Gasteiger partial charge on any atom is -0.550 e. The fraction of sp³-hybridized carbons (Fsp3) is 0.643. The van der Waals surface area contributed by atoms with E-state index in [0.717, 1.165) is 0 Å². The first-order valence-corrected chi connectivity index (χ1v) is 6.01. The lowest BCUT2D eigenvalue weighted by atomic mass is 9.54. The van der Waals surface area contributed by atoms with Crippen molar-refractivity contribution in [3.05, 3.63) is 11.6 Å². The predicted octanol–water partition coefficient (Wildman–Crippen LogP) is 0.893. The number of Topliss-reactive ketones (excluding diaryl/α,β-unsaturated/α-hetero) is 1. The van der Waals surface area contributed by atoms with Crippen molar-refractivity contribution in [2.24, 2.45) is 16.7 Å². The van der Waals surface area contributed by atoms with Gasteiger partial charge in [0.2, 0.25) is 0 Å². The number of aliphatic carboxylic acids is 1. The highest BCUT2D eigenvalue weighted by Gasteiger charge is 2.53. The molecular weight excluding hydrogens is 232 g/mol. The van der Waals surface area contributed by atoms with Crippen molar-refractivity contribution in [3.8, 4) is 0 Å². The van der Waals surface area contributed by atoms with Crippen LogP contribution in [0.1, 0.15) is 41.0 Å². The van der Waals surface area contributed by atoms with Gasteiger partial charge in [0.05, 0.1) is 0 Å². The van der Waals surface area contributed by atoms with Gasteiger partial charge in [0.25, 0.3) is 0 Å². The zero-order valence-corrected chi connectivity index (χ0v) is 11.5. The highest BCUT2D eigenvalue weighted by Crippen LogP contribution is 2.50. The van der Waals surface area contributed by atoms with Crippen LogP contribution in [0.5, 0.6) is 0 Å². The number of hydrogen-bond acceptors (Lipinski definition) is 4. The maximum Gasteiger partial charge on any atom is 0.163 e. The van der Waals surface area contributed by atoms with Gasteiger partial charge in [-0.15, -0.1) is 0 Å². The first-order chi connectivity index (χ1) is 8.04. The molecule has 18 heavy (non-hydrogen) atoms. The van der Waals surface area contributed by atoms with Gasteiger partial charge in [0.15, 0.2) is 11.6 Å². The van der Waals surface area contributed by atoms with Gasteiger partial charge in [-0.3, -0.25) is 9.59 Å². The minimum atomic E-state index is -1.21. The van der Waals surface area contributed by atoms with Crippen molar-refractivity contribution in [1.29, 1.82) is 0 Å². The second kappa shape index (κ2) is 4.34. The molecule has 0 saturated carbocycles. The summed E-state index contributed by atoms with van der Waals surface area (Å²) < 4.78 is 0. The predicted molar refractivity (Wildman–Crippen MR) is 64.4 cm³/mol. The molecule has 0 radical (unpaired) electrons. The number of carboxylic acids is 1. The number of ketones is 2. The van der Waals surface area contributed by atoms with E-state index in [-0.39, 0.29) is 18.0 Å². The Labute approximate surface area is 107 Å². The fourth-order valence-corrected chi connectivity index (χ4v) is 2.70. The quantitative estimate of drug-likeness (QED) is 0.746. The molecule has 4 nitrogen and oxygen atoms in total. The van der Waals surface area contributed by atoms with Gasteiger partial charge in [0.1, 0.15) is 0 Å². The smallest absolute Gasteiger partial charge is 0.163 e. The fourth-order valence-electron chi connectivity index (χ4n) is 2.70. The Morgan fingerprint density at radius 2 is 1.94 bits per heavy atom. The van der Waals surface area contributed by atoms with E-state index in [1.54, 1.807) is 34.6 Å². The van der Waals surface area contributed by atoms with Gasteiger partial charge in [-0.25, -0.2) is 0 Å². The molecule has 0 saturated heterocycles. The minimum absolute atomic E-state index is 0.0940. The van der Waals surface area contributed by atoms with E-state index in [4.69, 9.17) is 0 Å². The van der Waals surface area contributed by atoms with Crippen LogP contribution in [-0.4, -0.2) is 17.5 Å². The summed E-state index contributed by atoms with van der Waals surface area (Å²) in [7, 11) is 0. The maximum atomic E-state index is 12.3. The molecule has 0 aromatic heterocycles. The zero-order valence-electron chi connectivity index (χ0n) is 11.5. The van der Waals surface area contributed by atoms with Gasteiger partial charge in [-0.05, 0) is 30.4 Å². The van der Waals surface area contributed by atoms with Crippen LogP contribution in [-0.2, 0) is 14.4 Å². The van der Waals surface area contributed by atoms with Gasteiger partial charge >= 0.3 is 0 Å². The van der Waals surface area contributed by atoms with E-state index in [1.807, 2.05) is 0 Å². The molecule has 100 valence electrons. The molecule has 0 heterocycles. The number of rotatable bonds is 3. The van der Waals surface area contributed by atoms with E-state index < -0.39 is 22.7 Å². The summed E-state index contributed by atoms with van der Waals surface area (Å²) in [6.45, 7) is 8.36. The Morgan fingerprint density at radius 1 is 1.44 bits per heavy atom. The van der Waals surface area contributed by atoms with Gasteiger partial charge in [-0.1, -0.05) is 27.7 Å². The number of hydrogen-bond donors (Lipinski definition) is 0. The molecule has 0 fully saturated rings. The highest BCUT2D eigenvalue weighted by atomic mass is 16.4. The number of carbonyl (C=O) groups is 3. The summed E-state index contributed by atoms with van der Waals surface area (Å²) in [4.78, 5) is 35.1. The van der Waals surface area contributed by atoms with Crippen LogP contribution in [0.15, 0.2) is 11.6 Å². The van der Waals surface area contributed by atoms with Gasteiger partial charge in [0, 0.05) is 17.3 Å². The van der Waals surface area contributed by atoms with E-state index >= 15 is 0 Å². The van der Waals surface area contributed by atoms with E-state index in [0.29, 0.717) is 5.57 Å². The van der Waals surface area contributed by atoms with Gasteiger partial charge in [-0.2, -0.15) is 0 Å². The van der Waals surface area contributed by atoms with Crippen molar-refractivity contribution >= 4 is 17.5 Å². The first-order valence-electron chi connectivity index (χ1n) is 6.01. The largest absolute Gasteiger partial charge is 0.550 e. The van der Waals surface area contributed by atoms with Crippen molar-refractivity contribution in [1.82, 2.24) is 0 Å². The monoisotopic (exact) mass is 251 g/mol. The van der Waals surface area contributed by atoms with Crippen molar-refractivity contribution in [3.63, 3.8) is 0 Å². The molecule has 0 amide bonds. The van der Waals surface area contributed by atoms with E-state index in [2.05, 4.69) is 0 Å². The summed E-state index contributed by atoms with van der Waals surface area (Å²) in [6, 6.07) is 0. The molecule has 0 aliphatic heterocycles. The molecule has 0 aromatic rings. The summed E-state index contributed by atoms with van der Waals surface area (Å²) in [5, 5.41) is 10.8. The Bertz CT molecular complexity index is 445. The van der Waals surface area contributed by atoms with Crippen molar-refractivity contribution < 1.29 is 19.5 Å². The van der Waals surface area contributed by atoms with Crippen molar-refractivity contribution in [2.75, 3.05) is 0 Å². The molecule has 0 N–H and O–H groups in total. The van der Waals surface area contributed by atoms with Crippen LogP contribution >= 0.6 is 0 Å². The molecule has 1 aliphatic carbocycles. The molecule has 2 atom stereocenters. The molecule has 4 heteroatoms. The molecule has 1 aliphatic rings. The third kappa shape index (κ3) is 2.00. The van der Waals surface area contributed by atoms with Crippen LogP contribution in [0.3, 0.4) is 0 Å². The highest BCUT2D eigenvalue weighted by molar-refractivity contribution is 6.12. The molecule has 0 aromatic carbocycles. The Hall–Kier alpha value is -1.45. The van der Waals surface area contributed by atoms with Crippen molar-refractivity contribution in [2.45, 2.75) is 41.0 Å². The maximum absolute atomic E-state index is 12.3. The van der Waals surface area contributed by atoms with E-state index in [1.165, 1.54) is 6.08 Å². The number of carboxylic acid groups (broad SMARTS) is 1. The van der Waals surface area contributed by atoms with Gasteiger partial charge < -0.3 is 9.90 Å². The van der Waals surface area contributed by atoms with Crippen LogP contribution in [0, 0.1) is 16.7 Å². The number of carbonyl (C=O) groups excluding carboxylic acids is 3. The molecule has 1 rings (SSSR count). The standard InChI is InChI=1S/C14H20O4/c1-8-6-10(15)14(5,9(2)12(8)18)13(3,4)7-11(16)17/h6,9H,7H2,1-5H3,(H,16,17)/p-1. The average molecular weight is 251 g/mol. The third-order valence-corrected chi connectivity index (χ3v) is 4.50. The topological polar surface area (TPSA) is 74.3 Å². The lowest BCUT2D eigenvalue weighted by Crippen LogP contribution is -2.53. The van der Waals surface area contributed by atoms with Crippen LogP contribution in [0.25, 0.3) is 0 Å². The number of allylic oxidation sites excluding steroid dienone is 2. The summed E-state index contributed by atoms with van der Waals surface area (Å²) in [5.74, 6) is -2.01. The van der Waals surface area contributed by atoms with Crippen LogP contribution in [0.2, 0.25) is 0 Å². The Morgan fingerprint density at radius 3 is 2.39 bits per heavy atom. The zero-order chi connectivity index (χ0) is 14.3. The normalized spacial score (nSPS) is 29.2. The van der Waals surface area contributed by atoms with Crippen LogP contribution < -0.4 is 5.11 Å². The summed E-state index contributed by atoms with van der Waals surface area (Å²) in [5.41, 5.74) is -1.41. The Kier molecular flexibility index (Phi) is 3.52. The lowest BCUT2D eigenvalue weighted by molar-refractivity contribution is -0.309. The van der Waals surface area contributed by atoms with Crippen LogP contribution in [0.4, 0.5) is 0 Å². The van der Waals surface area contributed by atoms with E-state index in [9.17, 15) is 19.5 Å². The summed E-state index contributed by atoms with van der Waals surface area (Å²) in [6.07, 6.45) is 1.08. The summed E-state index contributed by atoms with van der Waals surface area (Å²) >= 11 is 0.